The fraction of sp³-hybridized carbons (Fsp3) is 0.286. The normalized spacial score (nSPS) is 12.1. The Morgan fingerprint density at radius 1 is 1.12 bits per heavy atom. The van der Waals surface area contributed by atoms with E-state index >= 15 is 0 Å². The molecule has 0 spiro atoms. The lowest BCUT2D eigenvalue weighted by Crippen LogP contribution is -2.14. The molecular weight excluding hydrogens is 332 g/mol. The highest BCUT2D eigenvalue weighted by atomic mass is 35.5. The van der Waals surface area contributed by atoms with Crippen molar-refractivity contribution in [1.82, 2.24) is 9.55 Å². The molecule has 0 aliphatic carbocycles. The SMILES string of the molecule is COc1ccc(CCC(Cc2ccccc2Cl)Cn2ccnc2)cc1. The van der Waals surface area contributed by atoms with Crippen LogP contribution in [-0.2, 0) is 19.4 Å². The number of rotatable bonds is 8. The van der Waals surface area contributed by atoms with Gasteiger partial charge in [-0.3, -0.25) is 0 Å². The summed E-state index contributed by atoms with van der Waals surface area (Å²) in [5.74, 6) is 1.39. The molecule has 1 heterocycles. The number of methoxy groups -OCH3 is 1. The molecule has 25 heavy (non-hydrogen) atoms. The maximum Gasteiger partial charge on any atom is 0.118 e. The van der Waals surface area contributed by atoms with Crippen LogP contribution in [0.4, 0.5) is 0 Å². The van der Waals surface area contributed by atoms with Crippen LogP contribution in [0.3, 0.4) is 0 Å². The molecule has 1 aromatic heterocycles. The van der Waals surface area contributed by atoms with Crippen molar-refractivity contribution in [3.63, 3.8) is 0 Å². The predicted octanol–water partition coefficient (Wildman–Crippen LogP) is 5.04. The van der Waals surface area contributed by atoms with Crippen molar-refractivity contribution in [1.29, 1.82) is 0 Å². The van der Waals surface area contributed by atoms with Crippen molar-refractivity contribution in [2.75, 3.05) is 7.11 Å². The van der Waals surface area contributed by atoms with Gasteiger partial charge in [-0.2, -0.15) is 0 Å². The van der Waals surface area contributed by atoms with Crippen molar-refractivity contribution < 1.29 is 4.74 Å². The molecule has 3 aromatic rings. The maximum atomic E-state index is 6.37. The maximum absolute atomic E-state index is 6.37. The Balaban J connectivity index is 1.68. The van der Waals surface area contributed by atoms with Crippen LogP contribution in [0.1, 0.15) is 17.5 Å². The quantitative estimate of drug-likeness (QED) is 0.566. The van der Waals surface area contributed by atoms with Gasteiger partial charge in [0, 0.05) is 24.0 Å². The van der Waals surface area contributed by atoms with Crippen LogP contribution in [0.5, 0.6) is 5.75 Å². The second kappa shape index (κ2) is 8.72. The van der Waals surface area contributed by atoms with E-state index in [1.807, 2.05) is 43.0 Å². The Labute approximate surface area is 154 Å². The molecule has 2 aromatic carbocycles. The van der Waals surface area contributed by atoms with Crippen LogP contribution in [0.25, 0.3) is 0 Å². The van der Waals surface area contributed by atoms with Gasteiger partial charge in [0.25, 0.3) is 0 Å². The zero-order chi connectivity index (χ0) is 17.5. The summed E-state index contributed by atoms with van der Waals surface area (Å²) in [5, 5.41) is 0.850. The number of benzene rings is 2. The lowest BCUT2D eigenvalue weighted by Gasteiger charge is -2.18. The zero-order valence-corrected chi connectivity index (χ0v) is 15.2. The molecular formula is C21H23ClN2O. The van der Waals surface area contributed by atoms with Crippen molar-refractivity contribution in [2.24, 2.45) is 5.92 Å². The van der Waals surface area contributed by atoms with Gasteiger partial charge < -0.3 is 9.30 Å². The molecule has 3 nitrogen and oxygen atoms in total. The number of nitrogens with zero attached hydrogens (tertiary/aromatic N) is 2. The molecule has 0 aliphatic heterocycles. The van der Waals surface area contributed by atoms with Gasteiger partial charge in [0.15, 0.2) is 0 Å². The Morgan fingerprint density at radius 3 is 2.60 bits per heavy atom. The fourth-order valence-corrected chi connectivity index (χ4v) is 3.30. The van der Waals surface area contributed by atoms with Gasteiger partial charge in [0.2, 0.25) is 0 Å². The van der Waals surface area contributed by atoms with E-state index in [4.69, 9.17) is 16.3 Å². The van der Waals surface area contributed by atoms with Crippen LogP contribution in [0, 0.1) is 5.92 Å². The van der Waals surface area contributed by atoms with E-state index in [-0.39, 0.29) is 0 Å². The van der Waals surface area contributed by atoms with E-state index < -0.39 is 0 Å². The first-order valence-corrected chi connectivity index (χ1v) is 8.94. The molecule has 0 amide bonds. The molecule has 130 valence electrons. The van der Waals surface area contributed by atoms with Gasteiger partial charge in [-0.25, -0.2) is 4.98 Å². The summed E-state index contributed by atoms with van der Waals surface area (Å²) < 4.78 is 7.38. The summed E-state index contributed by atoms with van der Waals surface area (Å²) in [6.45, 7) is 0.946. The predicted molar refractivity (Wildman–Crippen MR) is 102 cm³/mol. The number of hydrogen-bond donors (Lipinski definition) is 0. The van der Waals surface area contributed by atoms with E-state index in [0.717, 1.165) is 36.6 Å². The van der Waals surface area contributed by atoms with Gasteiger partial charge in [0.1, 0.15) is 5.75 Å². The number of halogens is 1. The minimum absolute atomic E-state index is 0.496. The second-order valence-corrected chi connectivity index (χ2v) is 6.71. The fourth-order valence-electron chi connectivity index (χ4n) is 3.09. The number of aryl methyl sites for hydroxylation is 1. The second-order valence-electron chi connectivity index (χ2n) is 6.31. The van der Waals surface area contributed by atoms with Gasteiger partial charge in [0.05, 0.1) is 13.4 Å². The van der Waals surface area contributed by atoms with Crippen LogP contribution < -0.4 is 4.74 Å². The summed E-state index contributed by atoms with van der Waals surface area (Å²) in [6.07, 6.45) is 8.83. The minimum atomic E-state index is 0.496. The van der Waals surface area contributed by atoms with Crippen molar-refractivity contribution >= 4 is 11.6 Å². The van der Waals surface area contributed by atoms with E-state index in [1.165, 1.54) is 11.1 Å². The molecule has 0 saturated carbocycles. The lowest BCUT2D eigenvalue weighted by molar-refractivity contribution is 0.410. The molecule has 0 aliphatic rings. The zero-order valence-electron chi connectivity index (χ0n) is 14.4. The highest BCUT2D eigenvalue weighted by Gasteiger charge is 2.13. The molecule has 0 fully saturated rings. The first-order valence-electron chi connectivity index (χ1n) is 8.56. The first-order chi connectivity index (χ1) is 12.2. The third-order valence-electron chi connectivity index (χ3n) is 4.49. The average molecular weight is 355 g/mol. The molecule has 0 saturated heterocycles. The van der Waals surface area contributed by atoms with E-state index in [0.29, 0.717) is 5.92 Å². The molecule has 0 bridgehead atoms. The summed E-state index contributed by atoms with van der Waals surface area (Å²) >= 11 is 6.37. The van der Waals surface area contributed by atoms with E-state index in [9.17, 15) is 0 Å². The van der Waals surface area contributed by atoms with Crippen molar-refractivity contribution in [2.45, 2.75) is 25.8 Å². The summed E-state index contributed by atoms with van der Waals surface area (Å²) in [4.78, 5) is 4.16. The Bertz CT molecular complexity index is 769. The third-order valence-corrected chi connectivity index (χ3v) is 4.86. The van der Waals surface area contributed by atoms with Gasteiger partial charge in [-0.1, -0.05) is 41.9 Å². The molecule has 4 heteroatoms. The van der Waals surface area contributed by atoms with E-state index in [1.54, 1.807) is 7.11 Å². The highest BCUT2D eigenvalue weighted by molar-refractivity contribution is 6.31. The molecule has 0 N–H and O–H groups in total. The van der Waals surface area contributed by atoms with Crippen molar-refractivity contribution in [3.8, 4) is 5.75 Å². The smallest absolute Gasteiger partial charge is 0.118 e. The monoisotopic (exact) mass is 354 g/mol. The standard InChI is InChI=1S/C21H23ClN2O/c1-25-20-10-8-17(9-11-20)6-7-18(15-24-13-12-23-16-24)14-19-4-2-3-5-21(19)22/h2-5,8-13,16,18H,6-7,14-15H2,1H3. The number of aromatic nitrogens is 2. The van der Waals surface area contributed by atoms with Crippen LogP contribution in [0.15, 0.2) is 67.3 Å². The van der Waals surface area contributed by atoms with Crippen LogP contribution >= 0.6 is 11.6 Å². The number of hydrogen-bond acceptors (Lipinski definition) is 2. The number of ether oxygens (including phenoxy) is 1. The molecule has 0 radical (unpaired) electrons. The summed E-state index contributed by atoms with van der Waals surface area (Å²) in [6, 6.07) is 16.5. The van der Waals surface area contributed by atoms with Crippen molar-refractivity contribution in [3.05, 3.63) is 83.4 Å². The average Bonchev–Trinajstić information content (AvgIpc) is 3.15. The Morgan fingerprint density at radius 2 is 1.92 bits per heavy atom. The minimum Gasteiger partial charge on any atom is -0.497 e. The molecule has 1 atom stereocenters. The summed E-state index contributed by atoms with van der Waals surface area (Å²) in [5.41, 5.74) is 2.54. The lowest BCUT2D eigenvalue weighted by atomic mass is 9.92. The van der Waals surface area contributed by atoms with Gasteiger partial charge in [-0.05, 0) is 54.5 Å². The Kier molecular flexibility index (Phi) is 6.13. The first kappa shape index (κ1) is 17.6. The molecule has 1 unspecified atom stereocenters. The molecule has 3 rings (SSSR count). The largest absolute Gasteiger partial charge is 0.497 e. The van der Waals surface area contributed by atoms with Crippen LogP contribution in [-0.4, -0.2) is 16.7 Å². The topological polar surface area (TPSA) is 27.1 Å². The van der Waals surface area contributed by atoms with E-state index in [2.05, 4.69) is 33.8 Å². The summed E-state index contributed by atoms with van der Waals surface area (Å²) in [7, 11) is 1.69. The highest BCUT2D eigenvalue weighted by Crippen LogP contribution is 2.23. The Hall–Kier alpha value is -2.26. The van der Waals surface area contributed by atoms with Gasteiger partial charge in [-0.15, -0.1) is 0 Å². The number of imidazole rings is 1. The van der Waals surface area contributed by atoms with Crippen LogP contribution in [0.2, 0.25) is 5.02 Å². The third kappa shape index (κ3) is 5.10. The van der Waals surface area contributed by atoms with Gasteiger partial charge >= 0.3 is 0 Å².